The monoisotopic (exact) mass is 678 g/mol. The number of hydrogen-bond acceptors (Lipinski definition) is 7. The van der Waals surface area contributed by atoms with E-state index in [1.807, 2.05) is 42.5 Å². The number of amides is 1. The highest BCUT2D eigenvalue weighted by molar-refractivity contribution is 9.11. The third kappa shape index (κ3) is 6.40. The molecule has 0 spiro atoms. The van der Waals surface area contributed by atoms with Crippen LogP contribution in [-0.2, 0) is 4.79 Å². The Morgan fingerprint density at radius 2 is 1.69 bits per heavy atom. The van der Waals surface area contributed by atoms with Gasteiger partial charge in [0.2, 0.25) is 5.91 Å². The minimum absolute atomic E-state index is 0.0941. The van der Waals surface area contributed by atoms with Crippen molar-refractivity contribution in [1.29, 1.82) is 0 Å². The Morgan fingerprint density at radius 1 is 1.00 bits per heavy atom. The van der Waals surface area contributed by atoms with Crippen molar-refractivity contribution in [1.82, 2.24) is 14.8 Å². The molecule has 0 bridgehead atoms. The lowest BCUT2D eigenvalue weighted by Gasteiger charge is -2.18. The molecule has 0 atom stereocenters. The molecule has 1 aliphatic heterocycles. The minimum atomic E-state index is -4.75. The lowest BCUT2D eigenvalue weighted by atomic mass is 10.1. The molecule has 4 aromatic rings. The van der Waals surface area contributed by atoms with Crippen LogP contribution in [0.1, 0.15) is 5.56 Å². The van der Waals surface area contributed by atoms with E-state index in [-0.39, 0.29) is 17.4 Å². The second-order valence-electron chi connectivity index (χ2n) is 7.89. The van der Waals surface area contributed by atoms with Gasteiger partial charge in [0.1, 0.15) is 12.1 Å². The summed E-state index contributed by atoms with van der Waals surface area (Å²) in [6.07, 6.45) is -1.71. The molecule has 0 saturated carbocycles. The van der Waals surface area contributed by atoms with Crippen LogP contribution in [0.15, 0.2) is 92.2 Å². The van der Waals surface area contributed by atoms with Crippen molar-refractivity contribution in [3.63, 3.8) is 0 Å². The molecule has 8 nitrogen and oxygen atoms in total. The third-order valence-corrected chi connectivity index (χ3v) is 7.47. The second-order valence-corrected chi connectivity index (χ2v) is 10.5. The molecule has 1 saturated heterocycles. The molecule has 1 amide bonds. The molecule has 198 valence electrons. The van der Waals surface area contributed by atoms with E-state index in [0.29, 0.717) is 22.4 Å². The number of amidine groups is 1. The number of rotatable bonds is 6. The number of thioether (sulfide) groups is 1. The Hall–Kier alpha value is -3.49. The van der Waals surface area contributed by atoms with Gasteiger partial charge in [-0.1, -0.05) is 42.1 Å². The summed E-state index contributed by atoms with van der Waals surface area (Å²) in [5.74, 6) is 0.288. The van der Waals surface area contributed by atoms with E-state index in [1.165, 1.54) is 51.9 Å². The third-order valence-electron chi connectivity index (χ3n) is 5.27. The van der Waals surface area contributed by atoms with Crippen molar-refractivity contribution in [2.24, 2.45) is 10.2 Å². The summed E-state index contributed by atoms with van der Waals surface area (Å²) >= 11 is 8.28. The number of para-hydroxylation sites is 1. The molecule has 1 aliphatic rings. The molecular formula is C25H15Br2F3N6O2S. The number of aromatic nitrogens is 3. The molecule has 0 N–H and O–H groups in total. The average molecular weight is 680 g/mol. The van der Waals surface area contributed by atoms with Crippen LogP contribution in [0.5, 0.6) is 5.75 Å². The Kier molecular flexibility index (Phi) is 7.86. The van der Waals surface area contributed by atoms with E-state index in [4.69, 9.17) is 0 Å². The van der Waals surface area contributed by atoms with Gasteiger partial charge in [0.05, 0.1) is 23.3 Å². The van der Waals surface area contributed by atoms with E-state index >= 15 is 0 Å². The first-order valence-electron chi connectivity index (χ1n) is 11.1. The van der Waals surface area contributed by atoms with Crippen LogP contribution in [0, 0.1) is 0 Å². The molecule has 1 fully saturated rings. The van der Waals surface area contributed by atoms with Crippen LogP contribution in [0.25, 0.3) is 17.1 Å². The summed E-state index contributed by atoms with van der Waals surface area (Å²) < 4.78 is 43.9. The highest BCUT2D eigenvalue weighted by atomic mass is 79.9. The van der Waals surface area contributed by atoms with Crippen LogP contribution in [0.3, 0.4) is 0 Å². The molecule has 3 aromatic carbocycles. The van der Waals surface area contributed by atoms with Gasteiger partial charge in [-0.3, -0.25) is 9.69 Å². The fourth-order valence-electron chi connectivity index (χ4n) is 3.54. The average Bonchev–Trinajstić information content (AvgIpc) is 3.52. The maximum Gasteiger partial charge on any atom is 0.573 e. The van der Waals surface area contributed by atoms with Crippen molar-refractivity contribution in [3.8, 4) is 22.8 Å². The van der Waals surface area contributed by atoms with Crippen LogP contribution in [-0.4, -0.2) is 44.2 Å². The highest BCUT2D eigenvalue weighted by Crippen LogP contribution is 2.38. The van der Waals surface area contributed by atoms with Gasteiger partial charge in [-0.05, 0) is 73.8 Å². The first-order chi connectivity index (χ1) is 18.7. The number of halogens is 5. The largest absolute Gasteiger partial charge is 0.573 e. The molecule has 2 heterocycles. The number of nitrogens with zero attached hydrogens (tertiary/aromatic N) is 6. The quantitative estimate of drug-likeness (QED) is 0.165. The van der Waals surface area contributed by atoms with Crippen LogP contribution < -0.4 is 9.64 Å². The van der Waals surface area contributed by atoms with Gasteiger partial charge >= 0.3 is 6.36 Å². The number of ether oxygens (including phenoxy) is 1. The Balaban J connectivity index is 1.27. The summed E-state index contributed by atoms with van der Waals surface area (Å²) in [5, 5.41) is 13.3. The molecular weight excluding hydrogens is 665 g/mol. The van der Waals surface area contributed by atoms with E-state index in [0.717, 1.165) is 20.1 Å². The lowest BCUT2D eigenvalue weighted by molar-refractivity contribution is -0.274. The van der Waals surface area contributed by atoms with Crippen molar-refractivity contribution in [2.45, 2.75) is 6.36 Å². The minimum Gasteiger partial charge on any atom is -0.406 e. The van der Waals surface area contributed by atoms with Crippen LogP contribution >= 0.6 is 43.6 Å². The predicted octanol–water partition coefficient (Wildman–Crippen LogP) is 6.83. The molecule has 39 heavy (non-hydrogen) atoms. The Morgan fingerprint density at radius 3 is 2.36 bits per heavy atom. The molecule has 0 unspecified atom stereocenters. The first kappa shape index (κ1) is 27.1. The van der Waals surface area contributed by atoms with E-state index < -0.39 is 6.36 Å². The predicted molar refractivity (Wildman–Crippen MR) is 150 cm³/mol. The van der Waals surface area contributed by atoms with Gasteiger partial charge in [-0.2, -0.15) is 5.10 Å². The number of alkyl halides is 3. The number of benzene rings is 3. The standard InChI is InChI=1S/C25H15Br2F3N6O2S/c26-19-2-1-3-20(27)22(19)36-21(37)13-39-24(36)33-32-12-15-4-6-16(7-5-15)23-31-14-35(34-23)17-8-10-18(11-9-17)38-25(28,29)30/h1-12,14H,13H2. The molecule has 5 rings (SSSR count). The SMILES string of the molecule is O=C1CSC(=NN=Cc2ccc(-c3ncn(-c4ccc(OC(F)(F)F)cc4)n3)cc2)N1c1c(Br)cccc1Br. The van der Waals surface area contributed by atoms with Gasteiger partial charge in [0.15, 0.2) is 11.0 Å². The number of hydrogen-bond donors (Lipinski definition) is 0. The van der Waals surface area contributed by atoms with Crippen molar-refractivity contribution in [3.05, 3.63) is 87.6 Å². The maximum absolute atomic E-state index is 12.5. The van der Waals surface area contributed by atoms with Gasteiger partial charge in [-0.25, -0.2) is 9.67 Å². The van der Waals surface area contributed by atoms with Crippen LogP contribution in [0.4, 0.5) is 18.9 Å². The Labute approximate surface area is 240 Å². The van der Waals surface area contributed by atoms with E-state index in [1.54, 1.807) is 6.21 Å². The lowest BCUT2D eigenvalue weighted by Crippen LogP contribution is -2.29. The summed E-state index contributed by atoms with van der Waals surface area (Å²) in [4.78, 5) is 18.3. The van der Waals surface area contributed by atoms with Gasteiger partial charge in [0, 0.05) is 14.5 Å². The number of carbonyl (C=O) groups is 1. The topological polar surface area (TPSA) is 85.0 Å². The fourth-order valence-corrected chi connectivity index (χ4v) is 5.70. The number of carbonyl (C=O) groups excluding carboxylic acids is 1. The molecule has 0 aliphatic carbocycles. The summed E-state index contributed by atoms with van der Waals surface area (Å²) in [5.41, 5.74) is 2.70. The van der Waals surface area contributed by atoms with E-state index in [2.05, 4.69) is 56.9 Å². The maximum atomic E-state index is 12.5. The van der Waals surface area contributed by atoms with Crippen molar-refractivity contribution in [2.75, 3.05) is 10.7 Å². The summed E-state index contributed by atoms with van der Waals surface area (Å²) in [6.45, 7) is 0. The van der Waals surface area contributed by atoms with Crippen molar-refractivity contribution >= 4 is 66.6 Å². The second kappa shape index (κ2) is 11.3. The normalized spacial score (nSPS) is 15.1. The summed E-state index contributed by atoms with van der Waals surface area (Å²) in [6, 6.07) is 18.1. The van der Waals surface area contributed by atoms with Crippen molar-refractivity contribution < 1.29 is 22.7 Å². The van der Waals surface area contributed by atoms with Crippen LogP contribution in [0.2, 0.25) is 0 Å². The first-order valence-corrected chi connectivity index (χ1v) is 13.6. The molecule has 0 radical (unpaired) electrons. The Bertz CT molecular complexity index is 1550. The van der Waals surface area contributed by atoms with Gasteiger partial charge < -0.3 is 4.74 Å². The zero-order valence-corrected chi connectivity index (χ0v) is 23.5. The van der Waals surface area contributed by atoms with Gasteiger partial charge in [0.25, 0.3) is 0 Å². The van der Waals surface area contributed by atoms with E-state index in [9.17, 15) is 18.0 Å². The molecule has 1 aromatic heterocycles. The summed E-state index contributed by atoms with van der Waals surface area (Å²) in [7, 11) is 0. The molecule has 14 heteroatoms. The zero-order chi connectivity index (χ0) is 27.6. The number of anilines is 1. The smallest absolute Gasteiger partial charge is 0.406 e. The highest BCUT2D eigenvalue weighted by Gasteiger charge is 2.33. The fraction of sp³-hybridized carbons (Fsp3) is 0.0800. The zero-order valence-electron chi connectivity index (χ0n) is 19.5. The van der Waals surface area contributed by atoms with Gasteiger partial charge in [-0.15, -0.1) is 23.4 Å².